The summed E-state index contributed by atoms with van der Waals surface area (Å²) in [6.07, 6.45) is 1.74. The molecule has 2 aliphatic heterocycles. The van der Waals surface area contributed by atoms with Crippen LogP contribution in [0, 0.1) is 0 Å². The van der Waals surface area contributed by atoms with E-state index in [4.69, 9.17) is 13.9 Å². The monoisotopic (exact) mass is 462 g/mol. The number of fused-ring (bicyclic) bond motifs is 2. The van der Waals surface area contributed by atoms with Crippen molar-refractivity contribution in [2.24, 2.45) is 0 Å². The molecule has 2 aromatic carbocycles. The largest absolute Gasteiger partial charge is 0.494 e. The van der Waals surface area contributed by atoms with E-state index >= 15 is 0 Å². The molecule has 1 aromatic heterocycles. The molecule has 0 unspecified atom stereocenters. The third-order valence-electron chi connectivity index (χ3n) is 6.52. The maximum Gasteiger partial charge on any atom is 0.290 e. The van der Waals surface area contributed by atoms with Gasteiger partial charge in [0.1, 0.15) is 11.3 Å². The zero-order valence-corrected chi connectivity index (χ0v) is 19.5. The van der Waals surface area contributed by atoms with Crippen molar-refractivity contribution in [3.05, 3.63) is 75.6 Å². The number of nitrogens with zero attached hydrogens (tertiary/aromatic N) is 2. The molecule has 0 aliphatic carbocycles. The predicted molar refractivity (Wildman–Crippen MR) is 129 cm³/mol. The van der Waals surface area contributed by atoms with Gasteiger partial charge in [0.25, 0.3) is 5.91 Å². The summed E-state index contributed by atoms with van der Waals surface area (Å²) in [6, 6.07) is 14.3. The van der Waals surface area contributed by atoms with E-state index in [1.54, 1.807) is 17.0 Å². The standard InChI is InChI=1S/C27H30N2O5/c1-2-16-33-20-10-8-19(9-11-20)24-23-25(30)21-6-3-4-7-22(21)34-26(23)27(31)29(24)13-5-12-28-14-17-32-18-15-28/h3-4,6-11,24H,2,5,12-18H2,1H3/t24-/m1/s1. The molecule has 3 heterocycles. The Labute approximate surface area is 198 Å². The van der Waals surface area contributed by atoms with Crippen molar-refractivity contribution in [3.8, 4) is 5.75 Å². The fourth-order valence-corrected chi connectivity index (χ4v) is 4.80. The van der Waals surface area contributed by atoms with E-state index in [0.29, 0.717) is 29.7 Å². The van der Waals surface area contributed by atoms with Crippen LogP contribution in [0.2, 0.25) is 0 Å². The summed E-state index contributed by atoms with van der Waals surface area (Å²) in [5.41, 5.74) is 1.61. The molecule has 1 amide bonds. The molecular weight excluding hydrogens is 432 g/mol. The summed E-state index contributed by atoms with van der Waals surface area (Å²) in [5, 5.41) is 0.497. The molecule has 3 aromatic rings. The van der Waals surface area contributed by atoms with Crippen LogP contribution in [0.4, 0.5) is 0 Å². The number of benzene rings is 2. The number of ether oxygens (including phenoxy) is 2. The fourth-order valence-electron chi connectivity index (χ4n) is 4.80. The lowest BCUT2D eigenvalue weighted by molar-refractivity contribution is 0.0353. The zero-order valence-electron chi connectivity index (χ0n) is 19.5. The topological polar surface area (TPSA) is 72.2 Å². The Morgan fingerprint density at radius 3 is 2.53 bits per heavy atom. The molecule has 0 bridgehead atoms. The average Bonchev–Trinajstić information content (AvgIpc) is 3.15. The summed E-state index contributed by atoms with van der Waals surface area (Å²) in [6.45, 7) is 7.42. The molecule has 7 heteroatoms. The van der Waals surface area contributed by atoms with Crippen molar-refractivity contribution in [1.29, 1.82) is 0 Å². The molecule has 0 saturated carbocycles. The Morgan fingerprint density at radius 2 is 1.76 bits per heavy atom. The molecule has 1 saturated heterocycles. The van der Waals surface area contributed by atoms with E-state index in [2.05, 4.69) is 11.8 Å². The van der Waals surface area contributed by atoms with Crippen LogP contribution in [0.3, 0.4) is 0 Å². The molecule has 1 fully saturated rings. The van der Waals surface area contributed by atoms with Crippen molar-refractivity contribution in [3.63, 3.8) is 0 Å². The lowest BCUT2D eigenvalue weighted by Gasteiger charge is -2.29. The van der Waals surface area contributed by atoms with Gasteiger partial charge in [-0.1, -0.05) is 31.2 Å². The van der Waals surface area contributed by atoms with Gasteiger partial charge in [-0.15, -0.1) is 0 Å². The molecule has 34 heavy (non-hydrogen) atoms. The molecule has 0 radical (unpaired) electrons. The van der Waals surface area contributed by atoms with Gasteiger partial charge in [0.05, 0.1) is 36.8 Å². The first-order valence-corrected chi connectivity index (χ1v) is 12.1. The quantitative estimate of drug-likeness (QED) is 0.506. The second-order valence-electron chi connectivity index (χ2n) is 8.80. The Balaban J connectivity index is 1.48. The second kappa shape index (κ2) is 9.99. The Morgan fingerprint density at radius 1 is 1.00 bits per heavy atom. The minimum Gasteiger partial charge on any atom is -0.494 e. The minimum absolute atomic E-state index is 0.141. The van der Waals surface area contributed by atoms with Gasteiger partial charge in [0, 0.05) is 26.2 Å². The average molecular weight is 463 g/mol. The first-order valence-electron chi connectivity index (χ1n) is 12.1. The van der Waals surface area contributed by atoms with Gasteiger partial charge in [-0.25, -0.2) is 0 Å². The fraction of sp³-hybridized carbons (Fsp3) is 0.407. The number of carbonyl (C=O) groups is 1. The third kappa shape index (κ3) is 4.33. The van der Waals surface area contributed by atoms with Gasteiger partial charge in [-0.3, -0.25) is 14.5 Å². The van der Waals surface area contributed by atoms with E-state index in [1.807, 2.05) is 36.4 Å². The van der Waals surface area contributed by atoms with Gasteiger partial charge < -0.3 is 18.8 Å². The van der Waals surface area contributed by atoms with E-state index < -0.39 is 6.04 Å². The van der Waals surface area contributed by atoms with Crippen LogP contribution >= 0.6 is 0 Å². The van der Waals surface area contributed by atoms with Crippen molar-refractivity contribution in [2.45, 2.75) is 25.8 Å². The molecule has 178 valence electrons. The first-order chi connectivity index (χ1) is 16.7. The number of amides is 1. The van der Waals surface area contributed by atoms with Crippen LogP contribution in [0.25, 0.3) is 11.0 Å². The van der Waals surface area contributed by atoms with E-state index in [9.17, 15) is 9.59 Å². The number of para-hydroxylation sites is 1. The number of morpholine rings is 1. The Hall–Kier alpha value is -3.16. The molecule has 0 N–H and O–H groups in total. The molecule has 0 spiro atoms. The van der Waals surface area contributed by atoms with Crippen LogP contribution in [0.15, 0.2) is 57.7 Å². The zero-order chi connectivity index (χ0) is 23.5. The maximum atomic E-state index is 13.5. The predicted octanol–water partition coefficient (Wildman–Crippen LogP) is 3.85. The van der Waals surface area contributed by atoms with E-state index in [-0.39, 0.29) is 17.1 Å². The highest BCUT2D eigenvalue weighted by molar-refractivity contribution is 5.99. The van der Waals surface area contributed by atoms with Gasteiger partial charge in [0.2, 0.25) is 5.76 Å². The van der Waals surface area contributed by atoms with Crippen LogP contribution < -0.4 is 10.2 Å². The third-order valence-corrected chi connectivity index (χ3v) is 6.52. The second-order valence-corrected chi connectivity index (χ2v) is 8.80. The van der Waals surface area contributed by atoms with E-state index in [1.165, 1.54) is 0 Å². The van der Waals surface area contributed by atoms with Gasteiger partial charge >= 0.3 is 0 Å². The normalized spacial score (nSPS) is 18.4. The highest BCUT2D eigenvalue weighted by Crippen LogP contribution is 2.38. The number of carbonyl (C=O) groups excluding carboxylic acids is 1. The summed E-state index contributed by atoms with van der Waals surface area (Å²) in [5.74, 6) is 0.710. The number of hydrogen-bond acceptors (Lipinski definition) is 6. The van der Waals surface area contributed by atoms with Crippen LogP contribution in [0.5, 0.6) is 5.75 Å². The van der Waals surface area contributed by atoms with Crippen molar-refractivity contribution in [1.82, 2.24) is 9.80 Å². The Bertz CT molecular complexity index is 1210. The molecular formula is C27H30N2O5. The summed E-state index contributed by atoms with van der Waals surface area (Å²) in [7, 11) is 0. The van der Waals surface area contributed by atoms with Gasteiger partial charge in [0.15, 0.2) is 5.43 Å². The molecule has 5 rings (SSSR count). The van der Waals surface area contributed by atoms with Crippen molar-refractivity contribution in [2.75, 3.05) is 46.0 Å². The van der Waals surface area contributed by atoms with Crippen LogP contribution in [-0.4, -0.2) is 61.7 Å². The van der Waals surface area contributed by atoms with Crippen molar-refractivity contribution >= 4 is 16.9 Å². The lowest BCUT2D eigenvalue weighted by Crippen LogP contribution is -2.38. The Kier molecular flexibility index (Phi) is 6.65. The molecule has 1 atom stereocenters. The summed E-state index contributed by atoms with van der Waals surface area (Å²) < 4.78 is 17.2. The smallest absolute Gasteiger partial charge is 0.290 e. The summed E-state index contributed by atoms with van der Waals surface area (Å²) in [4.78, 5) is 31.2. The van der Waals surface area contributed by atoms with Crippen LogP contribution in [-0.2, 0) is 4.74 Å². The van der Waals surface area contributed by atoms with Crippen molar-refractivity contribution < 1.29 is 18.7 Å². The first kappa shape index (κ1) is 22.6. The molecule has 7 nitrogen and oxygen atoms in total. The number of hydrogen-bond donors (Lipinski definition) is 0. The lowest BCUT2D eigenvalue weighted by atomic mass is 9.98. The maximum absolute atomic E-state index is 13.5. The summed E-state index contributed by atoms with van der Waals surface area (Å²) >= 11 is 0. The van der Waals surface area contributed by atoms with Gasteiger partial charge in [-0.05, 0) is 42.7 Å². The highest BCUT2D eigenvalue weighted by atomic mass is 16.5. The molecule has 2 aliphatic rings. The SMILES string of the molecule is CCCOc1ccc([C@@H]2c3c(oc4ccccc4c3=O)C(=O)N2CCCN2CCOCC2)cc1. The van der Waals surface area contributed by atoms with Gasteiger partial charge in [-0.2, -0.15) is 0 Å². The van der Waals surface area contributed by atoms with E-state index in [0.717, 1.165) is 57.0 Å². The highest BCUT2D eigenvalue weighted by Gasteiger charge is 2.42. The number of rotatable bonds is 8. The minimum atomic E-state index is -0.478. The van der Waals surface area contributed by atoms with Crippen LogP contribution in [0.1, 0.15) is 47.5 Å².